The van der Waals surface area contributed by atoms with Crippen molar-refractivity contribution in [2.45, 2.75) is 51.8 Å². The number of halogens is 1. The van der Waals surface area contributed by atoms with E-state index in [4.69, 9.17) is 19.9 Å². The van der Waals surface area contributed by atoms with Crippen LogP contribution in [0.4, 0.5) is 4.39 Å². The second-order valence-electron chi connectivity index (χ2n) is 11.3. The van der Waals surface area contributed by atoms with Gasteiger partial charge in [-0.15, -0.1) is 0 Å². The zero-order valence-corrected chi connectivity index (χ0v) is 23.6. The number of rotatable bonds is 12. The number of nitrogens with zero attached hydrogens (tertiary/aromatic N) is 1. The quantitative estimate of drug-likeness (QED) is 0.298. The molecule has 0 spiro atoms. The Labute approximate surface area is 239 Å². The van der Waals surface area contributed by atoms with Crippen LogP contribution < -0.4 is 20.5 Å². The highest BCUT2D eigenvalue weighted by molar-refractivity contribution is 5.98. The molecular formula is C32H36FN3O5. The van der Waals surface area contributed by atoms with Gasteiger partial charge in [0.25, 0.3) is 5.91 Å². The fourth-order valence-corrected chi connectivity index (χ4v) is 4.87. The van der Waals surface area contributed by atoms with Gasteiger partial charge in [-0.05, 0) is 73.1 Å². The van der Waals surface area contributed by atoms with Gasteiger partial charge in [-0.3, -0.25) is 14.6 Å². The van der Waals surface area contributed by atoms with Gasteiger partial charge in [0.15, 0.2) is 11.6 Å². The number of hydrogen-bond donors (Lipinski definition) is 2. The van der Waals surface area contributed by atoms with Crippen molar-refractivity contribution in [1.29, 1.82) is 0 Å². The van der Waals surface area contributed by atoms with Gasteiger partial charge in [0.2, 0.25) is 0 Å². The van der Waals surface area contributed by atoms with Gasteiger partial charge in [-0.25, -0.2) is 4.39 Å². The van der Waals surface area contributed by atoms with Crippen molar-refractivity contribution in [2.24, 2.45) is 23.5 Å². The van der Waals surface area contributed by atoms with Crippen LogP contribution in [-0.2, 0) is 22.7 Å². The lowest BCUT2D eigenvalue weighted by Crippen LogP contribution is -2.34. The van der Waals surface area contributed by atoms with Crippen molar-refractivity contribution < 1.29 is 28.2 Å². The number of nitrogens with two attached hydrogens (primary N) is 1. The summed E-state index contributed by atoms with van der Waals surface area (Å²) in [5.74, 6) is -0.192. The Bertz CT molecular complexity index is 1440. The van der Waals surface area contributed by atoms with Crippen molar-refractivity contribution in [1.82, 2.24) is 10.3 Å². The molecule has 2 aliphatic rings. The number of aromatic nitrogens is 1. The first kappa shape index (κ1) is 28.5. The third-order valence-corrected chi connectivity index (χ3v) is 8.01. The van der Waals surface area contributed by atoms with Crippen LogP contribution >= 0.6 is 0 Å². The topological polar surface area (TPSA) is 113 Å². The SMILES string of the molecule is COc1ccc(CNC(=O)c2cc(-c3ncccc3COC(=O)C3C[C@@]3(N)C(C)C)ccc2OCC2CC2)cc1F. The smallest absolute Gasteiger partial charge is 0.311 e. The summed E-state index contributed by atoms with van der Waals surface area (Å²) in [5, 5.41) is 2.87. The molecule has 3 N–H and O–H groups in total. The van der Waals surface area contributed by atoms with Crippen LogP contribution in [0.2, 0.25) is 0 Å². The summed E-state index contributed by atoms with van der Waals surface area (Å²) >= 11 is 0. The molecule has 3 aromatic rings. The highest BCUT2D eigenvalue weighted by Gasteiger charge is 2.58. The number of esters is 1. The van der Waals surface area contributed by atoms with E-state index in [9.17, 15) is 14.0 Å². The summed E-state index contributed by atoms with van der Waals surface area (Å²) in [6.45, 7) is 4.71. The highest BCUT2D eigenvalue weighted by Crippen LogP contribution is 2.47. The van der Waals surface area contributed by atoms with Crippen LogP contribution in [-0.4, -0.2) is 36.1 Å². The van der Waals surface area contributed by atoms with Crippen LogP contribution in [0.3, 0.4) is 0 Å². The summed E-state index contributed by atoms with van der Waals surface area (Å²) in [7, 11) is 1.40. The van der Waals surface area contributed by atoms with Gasteiger partial charge in [0, 0.05) is 29.4 Å². The Kier molecular flexibility index (Phi) is 8.26. The van der Waals surface area contributed by atoms with Crippen molar-refractivity contribution in [3.05, 3.63) is 77.2 Å². The average Bonchev–Trinajstić information content (AvgIpc) is 3.91. The molecule has 2 aromatic carbocycles. The van der Waals surface area contributed by atoms with E-state index in [0.29, 0.717) is 52.6 Å². The van der Waals surface area contributed by atoms with Crippen molar-refractivity contribution >= 4 is 11.9 Å². The Morgan fingerprint density at radius 3 is 2.61 bits per heavy atom. The Balaban J connectivity index is 1.34. The average molecular weight is 562 g/mol. The molecule has 0 saturated heterocycles. The van der Waals surface area contributed by atoms with E-state index in [-0.39, 0.29) is 42.6 Å². The molecule has 2 saturated carbocycles. The molecule has 2 atom stereocenters. The molecule has 216 valence electrons. The number of carbonyl (C=O) groups is 2. The lowest BCUT2D eigenvalue weighted by atomic mass is 10.0. The van der Waals surface area contributed by atoms with Gasteiger partial charge in [0.05, 0.1) is 30.9 Å². The predicted octanol–water partition coefficient (Wildman–Crippen LogP) is 5.03. The standard InChI is InChI=1S/C32H36FN3O5/c1-19(2)32(34)15-25(32)31(38)41-18-23-5-4-12-35-29(23)22-9-11-27(40-17-20-6-7-20)24(14-22)30(37)36-16-21-8-10-28(39-3)26(33)13-21/h4-5,8-14,19-20,25H,6-7,15-18,34H2,1-3H3,(H,36,37)/t25?,32-/m1/s1. The van der Waals surface area contributed by atoms with Gasteiger partial charge >= 0.3 is 5.97 Å². The first-order chi connectivity index (χ1) is 19.7. The molecule has 0 aliphatic heterocycles. The van der Waals surface area contributed by atoms with Crippen molar-refractivity contribution in [3.8, 4) is 22.8 Å². The minimum atomic E-state index is -0.509. The fourth-order valence-electron chi connectivity index (χ4n) is 4.87. The molecular weight excluding hydrogens is 525 g/mol. The van der Waals surface area contributed by atoms with Crippen molar-refractivity contribution in [2.75, 3.05) is 13.7 Å². The van der Waals surface area contributed by atoms with E-state index in [1.54, 1.807) is 30.5 Å². The minimum Gasteiger partial charge on any atom is -0.494 e. The van der Waals surface area contributed by atoms with E-state index < -0.39 is 11.4 Å². The zero-order chi connectivity index (χ0) is 29.1. The monoisotopic (exact) mass is 561 g/mol. The highest BCUT2D eigenvalue weighted by atomic mass is 19.1. The van der Waals surface area contributed by atoms with Crippen LogP contribution in [0.5, 0.6) is 11.5 Å². The van der Waals surface area contributed by atoms with Crippen LogP contribution in [0, 0.1) is 23.6 Å². The minimum absolute atomic E-state index is 0.0389. The van der Waals surface area contributed by atoms with E-state index in [0.717, 1.165) is 12.8 Å². The molecule has 41 heavy (non-hydrogen) atoms. The Morgan fingerprint density at radius 1 is 1.15 bits per heavy atom. The molecule has 2 aliphatic carbocycles. The molecule has 1 heterocycles. The number of amides is 1. The van der Waals surface area contributed by atoms with Gasteiger partial charge in [0.1, 0.15) is 12.4 Å². The van der Waals surface area contributed by atoms with E-state index in [2.05, 4.69) is 10.3 Å². The maximum absolute atomic E-state index is 14.2. The molecule has 0 radical (unpaired) electrons. The molecule has 5 rings (SSSR count). The van der Waals surface area contributed by atoms with Crippen LogP contribution in [0.1, 0.15) is 54.6 Å². The normalized spacial score (nSPS) is 19.5. The number of nitrogens with one attached hydrogen (secondary N) is 1. The number of benzene rings is 2. The van der Waals surface area contributed by atoms with Gasteiger partial charge < -0.3 is 25.3 Å². The summed E-state index contributed by atoms with van der Waals surface area (Å²) in [6, 6.07) is 13.5. The van der Waals surface area contributed by atoms with E-state index in [1.807, 2.05) is 26.0 Å². The fraction of sp³-hybridized carbons (Fsp3) is 0.406. The van der Waals surface area contributed by atoms with Crippen LogP contribution in [0.15, 0.2) is 54.7 Å². The number of methoxy groups -OCH3 is 1. The van der Waals surface area contributed by atoms with Crippen LogP contribution in [0.25, 0.3) is 11.3 Å². The summed E-state index contributed by atoms with van der Waals surface area (Å²) < 4.78 is 30.8. The first-order valence-corrected chi connectivity index (χ1v) is 14.0. The maximum atomic E-state index is 14.2. The lowest BCUT2D eigenvalue weighted by molar-refractivity contribution is -0.147. The Morgan fingerprint density at radius 2 is 1.93 bits per heavy atom. The van der Waals surface area contributed by atoms with Gasteiger partial charge in [-0.2, -0.15) is 0 Å². The molecule has 1 aromatic heterocycles. The molecule has 1 unspecified atom stereocenters. The van der Waals surface area contributed by atoms with Gasteiger partial charge in [-0.1, -0.05) is 26.0 Å². The molecule has 0 bridgehead atoms. The van der Waals surface area contributed by atoms with E-state index in [1.165, 1.54) is 19.2 Å². The number of ether oxygens (including phenoxy) is 3. The van der Waals surface area contributed by atoms with E-state index >= 15 is 0 Å². The predicted molar refractivity (Wildman–Crippen MR) is 152 cm³/mol. The molecule has 2 fully saturated rings. The maximum Gasteiger partial charge on any atom is 0.311 e. The summed E-state index contributed by atoms with van der Waals surface area (Å²) in [6.07, 6.45) is 4.50. The molecule has 8 nitrogen and oxygen atoms in total. The third kappa shape index (κ3) is 6.51. The second kappa shape index (κ2) is 11.9. The number of hydrogen-bond acceptors (Lipinski definition) is 7. The third-order valence-electron chi connectivity index (χ3n) is 8.01. The first-order valence-electron chi connectivity index (χ1n) is 14.0. The number of carbonyl (C=O) groups excluding carboxylic acids is 2. The van der Waals surface area contributed by atoms with Crippen molar-refractivity contribution in [3.63, 3.8) is 0 Å². The number of pyridine rings is 1. The summed E-state index contributed by atoms with van der Waals surface area (Å²) in [4.78, 5) is 30.6. The lowest BCUT2D eigenvalue weighted by Gasteiger charge is -2.16. The molecule has 9 heteroatoms. The largest absolute Gasteiger partial charge is 0.494 e. The second-order valence-corrected chi connectivity index (χ2v) is 11.3. The molecule has 1 amide bonds. The summed E-state index contributed by atoms with van der Waals surface area (Å²) in [5.41, 5.74) is 8.74. The Hall–Kier alpha value is -3.98. The zero-order valence-electron chi connectivity index (χ0n) is 23.6.